The first-order valence-electron chi connectivity index (χ1n) is 5.68. The summed E-state index contributed by atoms with van der Waals surface area (Å²) < 4.78 is 0. The van der Waals surface area contributed by atoms with Crippen LogP contribution in [0.2, 0.25) is 0 Å². The minimum absolute atomic E-state index is 0.0551. The molecule has 1 rings (SSSR count). The average molecular weight is 249 g/mol. The van der Waals surface area contributed by atoms with Gasteiger partial charge in [0.05, 0.1) is 6.04 Å². The predicted octanol–water partition coefficient (Wildman–Crippen LogP) is 1.85. The Morgan fingerprint density at radius 2 is 2.41 bits per heavy atom. The van der Waals surface area contributed by atoms with Crippen LogP contribution >= 0.6 is 11.3 Å². The Morgan fingerprint density at radius 1 is 1.65 bits per heavy atom. The molecule has 1 unspecified atom stereocenters. The van der Waals surface area contributed by atoms with E-state index in [0.717, 1.165) is 6.42 Å². The van der Waals surface area contributed by atoms with Crippen molar-refractivity contribution in [3.8, 4) is 12.3 Å². The lowest BCUT2D eigenvalue weighted by Gasteiger charge is -2.16. The quantitative estimate of drug-likeness (QED) is 0.475. The van der Waals surface area contributed by atoms with Crippen molar-refractivity contribution >= 4 is 17.3 Å². The van der Waals surface area contributed by atoms with Crippen LogP contribution in [0.1, 0.15) is 18.7 Å². The van der Waals surface area contributed by atoms with E-state index in [0.29, 0.717) is 18.4 Å². The number of rotatable bonds is 5. The van der Waals surface area contributed by atoms with E-state index in [-0.39, 0.29) is 6.04 Å². The second-order valence-corrected chi connectivity index (χ2v) is 5.16. The number of hydrogen-bond donors (Lipinski definition) is 2. The second-order valence-electron chi connectivity index (χ2n) is 4.13. The Bertz CT molecular complexity index is 387. The third-order valence-corrected chi connectivity index (χ3v) is 3.31. The first-order valence-corrected chi connectivity index (χ1v) is 6.56. The molecule has 0 saturated heterocycles. The molecule has 92 valence electrons. The predicted molar refractivity (Wildman–Crippen MR) is 75.1 cm³/mol. The van der Waals surface area contributed by atoms with Gasteiger partial charge in [0, 0.05) is 17.8 Å². The first kappa shape index (κ1) is 13.6. The highest BCUT2D eigenvalue weighted by atomic mass is 32.1. The molecule has 17 heavy (non-hydrogen) atoms. The van der Waals surface area contributed by atoms with E-state index in [1.54, 1.807) is 11.3 Å². The van der Waals surface area contributed by atoms with Gasteiger partial charge in [0.25, 0.3) is 0 Å². The summed E-state index contributed by atoms with van der Waals surface area (Å²) >= 11 is 1.74. The van der Waals surface area contributed by atoms with Gasteiger partial charge >= 0.3 is 0 Å². The highest BCUT2D eigenvalue weighted by Crippen LogP contribution is 2.08. The third kappa shape index (κ3) is 4.92. The monoisotopic (exact) mass is 249 g/mol. The molecule has 3 nitrogen and oxygen atoms in total. The van der Waals surface area contributed by atoms with Gasteiger partial charge in [-0.25, -0.2) is 0 Å². The highest BCUT2D eigenvalue weighted by molar-refractivity contribution is 7.09. The Balaban J connectivity index is 2.37. The van der Waals surface area contributed by atoms with Gasteiger partial charge in [-0.05, 0) is 17.4 Å². The number of nitrogens with one attached hydrogen (secondary N) is 1. The van der Waals surface area contributed by atoms with Gasteiger partial charge in [-0.2, -0.15) is 0 Å². The van der Waals surface area contributed by atoms with Gasteiger partial charge in [0.1, 0.15) is 0 Å². The summed E-state index contributed by atoms with van der Waals surface area (Å²) in [6.45, 7) is 4.79. The molecule has 0 bridgehead atoms. The van der Waals surface area contributed by atoms with E-state index in [9.17, 15) is 0 Å². The van der Waals surface area contributed by atoms with E-state index < -0.39 is 0 Å². The summed E-state index contributed by atoms with van der Waals surface area (Å²) in [4.78, 5) is 5.58. The molecule has 4 heteroatoms. The van der Waals surface area contributed by atoms with Crippen LogP contribution in [0.4, 0.5) is 0 Å². The molecule has 0 amide bonds. The van der Waals surface area contributed by atoms with E-state index in [2.05, 4.69) is 41.5 Å². The maximum Gasteiger partial charge on any atom is 0.189 e. The number of aliphatic imine (C=N–C) groups is 1. The summed E-state index contributed by atoms with van der Waals surface area (Å²) in [6.07, 6.45) is 6.33. The van der Waals surface area contributed by atoms with Crippen molar-refractivity contribution in [3.05, 3.63) is 22.4 Å². The molecular weight excluding hydrogens is 230 g/mol. The van der Waals surface area contributed by atoms with Crippen LogP contribution in [0, 0.1) is 18.3 Å². The van der Waals surface area contributed by atoms with Crippen molar-refractivity contribution in [1.82, 2.24) is 5.32 Å². The molecule has 0 aliphatic carbocycles. The van der Waals surface area contributed by atoms with Crippen LogP contribution in [0.3, 0.4) is 0 Å². The Hall–Kier alpha value is -1.47. The zero-order valence-corrected chi connectivity index (χ0v) is 11.1. The lowest BCUT2D eigenvalue weighted by molar-refractivity contribution is 0.540. The molecule has 1 atom stereocenters. The number of nitrogens with two attached hydrogens (primary N) is 1. The molecule has 1 heterocycles. The fourth-order valence-electron chi connectivity index (χ4n) is 1.35. The van der Waals surface area contributed by atoms with Gasteiger partial charge in [-0.3, -0.25) is 4.99 Å². The van der Waals surface area contributed by atoms with Crippen LogP contribution < -0.4 is 11.1 Å². The Kier molecular flexibility index (Phi) is 5.58. The lowest BCUT2D eigenvalue weighted by Crippen LogP contribution is -2.42. The van der Waals surface area contributed by atoms with E-state index in [1.165, 1.54) is 4.88 Å². The molecule has 1 aromatic rings. The smallest absolute Gasteiger partial charge is 0.189 e. The van der Waals surface area contributed by atoms with Crippen molar-refractivity contribution in [2.45, 2.75) is 26.3 Å². The fourth-order valence-corrected chi connectivity index (χ4v) is 2.05. The number of thiophene rings is 1. The molecule has 0 aliphatic heterocycles. The first-order chi connectivity index (χ1) is 8.13. The molecule has 0 radical (unpaired) electrons. The van der Waals surface area contributed by atoms with Crippen LogP contribution in [-0.2, 0) is 6.42 Å². The lowest BCUT2D eigenvalue weighted by atomic mass is 10.1. The van der Waals surface area contributed by atoms with Crippen molar-refractivity contribution in [1.29, 1.82) is 0 Å². The zero-order chi connectivity index (χ0) is 12.7. The van der Waals surface area contributed by atoms with Gasteiger partial charge in [-0.1, -0.05) is 25.8 Å². The SMILES string of the molecule is C#CC(NC(N)=NCCc1cccs1)C(C)C. The van der Waals surface area contributed by atoms with Gasteiger partial charge < -0.3 is 11.1 Å². The van der Waals surface area contributed by atoms with E-state index in [1.807, 2.05) is 6.07 Å². The van der Waals surface area contributed by atoms with Gasteiger partial charge in [0.2, 0.25) is 0 Å². The van der Waals surface area contributed by atoms with Crippen molar-refractivity contribution in [3.63, 3.8) is 0 Å². The molecule has 0 fully saturated rings. The minimum atomic E-state index is -0.0551. The maximum atomic E-state index is 5.77. The number of nitrogens with zero attached hydrogens (tertiary/aromatic N) is 1. The normalized spacial score (nSPS) is 13.4. The third-order valence-electron chi connectivity index (χ3n) is 2.37. The largest absolute Gasteiger partial charge is 0.370 e. The maximum absolute atomic E-state index is 5.77. The molecule has 0 saturated carbocycles. The van der Waals surface area contributed by atoms with Crippen LogP contribution in [0.25, 0.3) is 0 Å². The number of terminal acetylenes is 1. The second kappa shape index (κ2) is 6.97. The average Bonchev–Trinajstić information content (AvgIpc) is 2.78. The minimum Gasteiger partial charge on any atom is -0.370 e. The Morgan fingerprint density at radius 3 is 2.94 bits per heavy atom. The number of hydrogen-bond acceptors (Lipinski definition) is 2. The standard InChI is InChI=1S/C13H19N3S/c1-4-12(10(2)3)16-13(14)15-8-7-11-6-5-9-17-11/h1,5-6,9-10,12H,7-8H2,2-3H3,(H3,14,15,16). The number of guanidine groups is 1. The van der Waals surface area contributed by atoms with E-state index >= 15 is 0 Å². The fraction of sp³-hybridized carbons (Fsp3) is 0.462. The molecule has 0 spiro atoms. The van der Waals surface area contributed by atoms with Crippen molar-refractivity contribution in [2.24, 2.45) is 16.6 Å². The molecule has 3 N–H and O–H groups in total. The Labute approximate surface area is 107 Å². The van der Waals surface area contributed by atoms with E-state index in [4.69, 9.17) is 12.2 Å². The van der Waals surface area contributed by atoms with Gasteiger partial charge in [-0.15, -0.1) is 17.8 Å². The topological polar surface area (TPSA) is 50.4 Å². The summed E-state index contributed by atoms with van der Waals surface area (Å²) in [5.41, 5.74) is 5.77. The highest BCUT2D eigenvalue weighted by Gasteiger charge is 2.09. The van der Waals surface area contributed by atoms with Crippen molar-refractivity contribution in [2.75, 3.05) is 6.54 Å². The summed E-state index contributed by atoms with van der Waals surface area (Å²) in [7, 11) is 0. The van der Waals surface area contributed by atoms with Crippen LogP contribution in [0.5, 0.6) is 0 Å². The summed E-state index contributed by atoms with van der Waals surface area (Å²) in [5.74, 6) is 3.43. The zero-order valence-electron chi connectivity index (χ0n) is 10.3. The molecule has 0 aromatic carbocycles. The van der Waals surface area contributed by atoms with Crippen LogP contribution in [-0.4, -0.2) is 18.5 Å². The summed E-state index contributed by atoms with van der Waals surface area (Å²) in [6, 6.07) is 4.08. The van der Waals surface area contributed by atoms with Crippen molar-refractivity contribution < 1.29 is 0 Å². The summed E-state index contributed by atoms with van der Waals surface area (Å²) in [5, 5.41) is 5.10. The molecular formula is C13H19N3S. The van der Waals surface area contributed by atoms with Crippen LogP contribution in [0.15, 0.2) is 22.5 Å². The molecule has 1 aromatic heterocycles. The van der Waals surface area contributed by atoms with Gasteiger partial charge in [0.15, 0.2) is 5.96 Å². The molecule has 0 aliphatic rings.